The Hall–Kier alpha value is -3.38. The summed E-state index contributed by atoms with van der Waals surface area (Å²) in [6.45, 7) is 7.17. The highest BCUT2D eigenvalue weighted by Crippen LogP contribution is 2.30. The molecule has 1 atom stereocenters. The fourth-order valence-electron chi connectivity index (χ4n) is 3.99. The van der Waals surface area contributed by atoms with Gasteiger partial charge in [-0.2, -0.15) is 4.98 Å². The number of nitrogens with one attached hydrogen (secondary N) is 2. The van der Waals surface area contributed by atoms with Gasteiger partial charge in [0, 0.05) is 33.2 Å². The molecule has 4 rings (SSSR count). The first-order valence-corrected chi connectivity index (χ1v) is 13.0. The first-order valence-electron chi connectivity index (χ1n) is 11.5. The van der Waals surface area contributed by atoms with Gasteiger partial charge in [-0.05, 0) is 65.4 Å². The molecule has 0 radical (unpaired) electrons. The summed E-state index contributed by atoms with van der Waals surface area (Å²) in [6.07, 6.45) is 0.656. The molecule has 3 aromatic rings. The van der Waals surface area contributed by atoms with Crippen LogP contribution in [0.5, 0.6) is 0 Å². The lowest BCUT2D eigenvalue weighted by atomic mass is 9.97. The Balaban J connectivity index is 0.00000380. The molecular weight excluding hydrogens is 492 g/mol. The minimum Gasteiger partial charge on any atom is -0.349 e. The second kappa shape index (κ2) is 10.3. The second-order valence-electron chi connectivity index (χ2n) is 9.16. The summed E-state index contributed by atoms with van der Waals surface area (Å²) < 4.78 is 60.4. The van der Waals surface area contributed by atoms with Crippen molar-refractivity contribution in [1.82, 2.24) is 20.4 Å². The maximum absolute atomic E-state index is 13.7. The molecule has 9 nitrogen and oxygen atoms in total. The molecule has 0 spiro atoms. The number of halogens is 2. The third-order valence-corrected chi connectivity index (χ3v) is 7.28. The zero-order chi connectivity index (χ0) is 26.0. The van der Waals surface area contributed by atoms with Crippen molar-refractivity contribution in [2.24, 2.45) is 5.92 Å². The number of rotatable bonds is 8. The highest BCUT2D eigenvalue weighted by Gasteiger charge is 2.26. The smallest absolute Gasteiger partial charge is 0.335 e. The summed E-state index contributed by atoms with van der Waals surface area (Å²) in [5, 5.41) is 6.15. The maximum Gasteiger partial charge on any atom is 0.335 e. The highest BCUT2D eigenvalue weighted by atomic mass is 32.2. The van der Waals surface area contributed by atoms with Gasteiger partial charge in [-0.25, -0.2) is 21.9 Å². The van der Waals surface area contributed by atoms with Crippen molar-refractivity contribution in [3.63, 3.8) is 0 Å². The molecule has 36 heavy (non-hydrogen) atoms. The molecule has 1 aliphatic heterocycles. The molecule has 12 heteroatoms. The van der Waals surface area contributed by atoms with E-state index in [4.69, 9.17) is 4.52 Å². The van der Waals surface area contributed by atoms with E-state index in [2.05, 4.69) is 20.2 Å². The minimum absolute atomic E-state index is 0. The first kappa shape index (κ1) is 25.7. The van der Waals surface area contributed by atoms with Crippen molar-refractivity contribution in [1.29, 1.82) is 0 Å². The number of nitrogens with zero attached hydrogens (tertiary/aromatic N) is 3. The highest BCUT2D eigenvalue weighted by molar-refractivity contribution is 7.92. The maximum atomic E-state index is 13.7. The number of anilines is 1. The summed E-state index contributed by atoms with van der Waals surface area (Å²) in [6, 6.07) is 7.50. The number of fused-ring (bicyclic) bond motifs is 1. The molecule has 0 bridgehead atoms. The Morgan fingerprint density at radius 1 is 1.14 bits per heavy atom. The lowest BCUT2D eigenvalue weighted by Crippen LogP contribution is -2.33. The molecule has 0 saturated heterocycles. The number of sulfonamides is 1. The van der Waals surface area contributed by atoms with Crippen LogP contribution in [0.15, 0.2) is 45.8 Å². The van der Waals surface area contributed by atoms with E-state index in [-0.39, 0.29) is 24.1 Å². The van der Waals surface area contributed by atoms with Gasteiger partial charge in [0.15, 0.2) is 0 Å². The van der Waals surface area contributed by atoms with Crippen LogP contribution in [0.3, 0.4) is 0 Å². The van der Waals surface area contributed by atoms with Crippen molar-refractivity contribution in [3.05, 3.63) is 70.5 Å². The van der Waals surface area contributed by atoms with E-state index in [1.807, 2.05) is 25.7 Å². The average Bonchev–Trinajstić information content (AvgIpc) is 3.28. The lowest BCUT2D eigenvalue weighted by Gasteiger charge is -2.34. The average molecular weight is 522 g/mol. The predicted octanol–water partition coefficient (Wildman–Crippen LogP) is 3.90. The molecule has 2 heterocycles. The SMILES string of the molecule is CC(C)CNC(=O)c1noc(NS(=O)(=O)c2ccc3c(c2)CN([C@H](C)c2cc(F)cc(F)c2)CC3)n1.[HH]. The van der Waals surface area contributed by atoms with Gasteiger partial charge in [-0.15, -0.1) is 0 Å². The Labute approximate surface area is 209 Å². The second-order valence-corrected chi connectivity index (χ2v) is 10.8. The number of amides is 1. The van der Waals surface area contributed by atoms with Crippen LogP contribution < -0.4 is 10.0 Å². The minimum atomic E-state index is -4.08. The van der Waals surface area contributed by atoms with Crippen molar-refractivity contribution < 1.29 is 27.9 Å². The zero-order valence-corrected chi connectivity index (χ0v) is 20.9. The molecular formula is C24H29F2N5O4S. The van der Waals surface area contributed by atoms with Crippen LogP contribution in [-0.4, -0.2) is 42.5 Å². The number of carbonyl (C=O) groups excluding carboxylic acids is 1. The van der Waals surface area contributed by atoms with E-state index in [0.29, 0.717) is 31.6 Å². The summed E-state index contributed by atoms with van der Waals surface area (Å²) >= 11 is 0. The standard InChI is InChI=1S/C24H27F2N5O4S.H2/c1-14(2)12-27-23(32)22-28-24(35-29-22)30-36(33,34)21-5-4-16-6-7-31(13-18(16)10-21)15(3)17-8-19(25)11-20(26)9-17;/h4-5,8-11,14-15H,6-7,12-13H2,1-3H3,(H,27,32)(H,28,29,30);1H/t15-;/m1./s1. The number of aromatic nitrogens is 2. The summed E-state index contributed by atoms with van der Waals surface area (Å²) in [7, 11) is -4.08. The number of carbonyl (C=O) groups is 1. The lowest BCUT2D eigenvalue weighted by molar-refractivity contribution is 0.0935. The first-order chi connectivity index (χ1) is 17.0. The van der Waals surface area contributed by atoms with Gasteiger partial charge in [0.25, 0.3) is 21.8 Å². The molecule has 1 aromatic heterocycles. The van der Waals surface area contributed by atoms with Crippen LogP contribution in [-0.2, 0) is 23.0 Å². The number of benzene rings is 2. The van der Waals surface area contributed by atoms with Crippen LogP contribution in [0.25, 0.3) is 0 Å². The van der Waals surface area contributed by atoms with Crippen molar-refractivity contribution in [2.75, 3.05) is 17.8 Å². The Morgan fingerprint density at radius 3 is 2.56 bits per heavy atom. The fraction of sp³-hybridized carbons (Fsp3) is 0.375. The fourth-order valence-corrected chi connectivity index (χ4v) is 4.96. The number of hydrogen-bond acceptors (Lipinski definition) is 7. The molecule has 2 N–H and O–H groups in total. The van der Waals surface area contributed by atoms with E-state index in [9.17, 15) is 22.0 Å². The van der Waals surface area contributed by atoms with Crippen molar-refractivity contribution in [2.45, 2.75) is 44.7 Å². The molecule has 0 unspecified atom stereocenters. The molecule has 0 fully saturated rings. The molecule has 1 aliphatic rings. The van der Waals surface area contributed by atoms with Crippen LogP contribution in [0.1, 0.15) is 55.5 Å². The Bertz CT molecular complexity index is 1360. The largest absolute Gasteiger partial charge is 0.349 e. The Kier molecular flexibility index (Phi) is 7.36. The summed E-state index contributed by atoms with van der Waals surface area (Å²) in [4.78, 5) is 17.9. The molecule has 0 saturated carbocycles. The monoisotopic (exact) mass is 521 g/mol. The van der Waals surface area contributed by atoms with Crippen LogP contribution >= 0.6 is 0 Å². The quantitative estimate of drug-likeness (QED) is 0.462. The van der Waals surface area contributed by atoms with E-state index in [1.54, 1.807) is 12.1 Å². The van der Waals surface area contributed by atoms with Gasteiger partial charge < -0.3 is 9.84 Å². The molecule has 0 aliphatic carbocycles. The normalized spacial score (nSPS) is 14.9. The van der Waals surface area contributed by atoms with E-state index >= 15 is 0 Å². The molecule has 1 amide bonds. The van der Waals surface area contributed by atoms with E-state index in [0.717, 1.165) is 17.2 Å². The van der Waals surface area contributed by atoms with E-state index in [1.165, 1.54) is 18.2 Å². The zero-order valence-electron chi connectivity index (χ0n) is 20.1. The van der Waals surface area contributed by atoms with Gasteiger partial charge in [-0.1, -0.05) is 19.9 Å². The van der Waals surface area contributed by atoms with Gasteiger partial charge in [0.05, 0.1) is 4.90 Å². The van der Waals surface area contributed by atoms with Crippen LogP contribution in [0, 0.1) is 17.6 Å². The molecule has 194 valence electrons. The van der Waals surface area contributed by atoms with Gasteiger partial charge in [0.1, 0.15) is 11.6 Å². The van der Waals surface area contributed by atoms with Gasteiger partial charge in [-0.3, -0.25) is 9.69 Å². The third-order valence-electron chi connectivity index (χ3n) is 5.97. The predicted molar refractivity (Wildman–Crippen MR) is 130 cm³/mol. The van der Waals surface area contributed by atoms with Crippen molar-refractivity contribution >= 4 is 21.9 Å². The summed E-state index contributed by atoms with van der Waals surface area (Å²) in [5.41, 5.74) is 2.28. The summed E-state index contributed by atoms with van der Waals surface area (Å²) in [5.74, 6) is -1.92. The number of hydrogen-bond donors (Lipinski definition) is 2. The van der Waals surface area contributed by atoms with Crippen molar-refractivity contribution in [3.8, 4) is 0 Å². The van der Waals surface area contributed by atoms with Crippen LogP contribution in [0.4, 0.5) is 14.8 Å². The third kappa shape index (κ3) is 5.88. The molecule has 2 aromatic carbocycles. The topological polar surface area (TPSA) is 117 Å². The van der Waals surface area contributed by atoms with Crippen LogP contribution in [0.2, 0.25) is 0 Å². The van der Waals surface area contributed by atoms with Gasteiger partial charge in [0.2, 0.25) is 0 Å². The Morgan fingerprint density at radius 2 is 1.86 bits per heavy atom. The van der Waals surface area contributed by atoms with Gasteiger partial charge >= 0.3 is 6.01 Å². The van der Waals surface area contributed by atoms with E-state index < -0.39 is 33.6 Å².